The summed E-state index contributed by atoms with van der Waals surface area (Å²) in [5, 5.41) is 10.9. The molecule has 0 bridgehead atoms. The van der Waals surface area contributed by atoms with E-state index in [1.165, 1.54) is 11.0 Å². The van der Waals surface area contributed by atoms with Crippen molar-refractivity contribution < 1.29 is 23.5 Å². The van der Waals surface area contributed by atoms with Crippen molar-refractivity contribution in [1.82, 2.24) is 4.90 Å². The summed E-state index contributed by atoms with van der Waals surface area (Å²) in [5.74, 6) is -3.34. The quantitative estimate of drug-likeness (QED) is 0.744. The van der Waals surface area contributed by atoms with E-state index in [1.807, 2.05) is 0 Å². The van der Waals surface area contributed by atoms with Gasteiger partial charge in [0.2, 0.25) is 5.91 Å². The first-order valence-electron chi connectivity index (χ1n) is 5.72. The van der Waals surface area contributed by atoms with Crippen LogP contribution in [0.5, 0.6) is 0 Å². The molecule has 0 aliphatic rings. The molecule has 108 valence electrons. The molecule has 2 N–H and O–H groups in total. The van der Waals surface area contributed by atoms with Gasteiger partial charge in [-0.15, -0.1) is 6.58 Å². The molecular weight excluding hydrogens is 270 g/mol. The monoisotopic (exact) mass is 284 g/mol. The van der Waals surface area contributed by atoms with Gasteiger partial charge in [-0.2, -0.15) is 0 Å². The molecule has 0 aliphatic carbocycles. The Labute approximate surface area is 114 Å². The van der Waals surface area contributed by atoms with Gasteiger partial charge in [0, 0.05) is 12.6 Å². The van der Waals surface area contributed by atoms with E-state index in [0.717, 1.165) is 12.1 Å². The Morgan fingerprint density at radius 2 is 2.05 bits per heavy atom. The first-order chi connectivity index (χ1) is 9.42. The van der Waals surface area contributed by atoms with Crippen LogP contribution in [0.3, 0.4) is 0 Å². The Bertz CT molecular complexity index is 520. The molecule has 0 atom stereocenters. The van der Waals surface area contributed by atoms with Crippen LogP contribution in [0.1, 0.15) is 0 Å². The van der Waals surface area contributed by atoms with Crippen LogP contribution in [0.25, 0.3) is 0 Å². The van der Waals surface area contributed by atoms with Gasteiger partial charge in [-0.05, 0) is 12.1 Å². The maximum absolute atomic E-state index is 13.3. The number of rotatable bonds is 7. The van der Waals surface area contributed by atoms with Gasteiger partial charge in [-0.3, -0.25) is 14.5 Å². The summed E-state index contributed by atoms with van der Waals surface area (Å²) in [6.45, 7) is 3.07. The summed E-state index contributed by atoms with van der Waals surface area (Å²) in [4.78, 5) is 23.6. The molecule has 0 saturated heterocycles. The minimum Gasteiger partial charge on any atom is -0.480 e. The molecule has 1 aromatic carbocycles. The molecular formula is C13H14F2N2O3. The van der Waals surface area contributed by atoms with Crippen molar-refractivity contribution in [3.8, 4) is 0 Å². The third kappa shape index (κ3) is 5.15. The summed E-state index contributed by atoms with van der Waals surface area (Å²) in [6, 6.07) is 2.75. The highest BCUT2D eigenvalue weighted by Crippen LogP contribution is 2.14. The number of hydrogen-bond donors (Lipinski definition) is 2. The molecule has 0 fully saturated rings. The highest BCUT2D eigenvalue weighted by atomic mass is 19.1. The molecule has 0 radical (unpaired) electrons. The molecule has 0 spiro atoms. The highest BCUT2D eigenvalue weighted by Gasteiger charge is 2.14. The van der Waals surface area contributed by atoms with Gasteiger partial charge in [0.15, 0.2) is 0 Å². The van der Waals surface area contributed by atoms with Gasteiger partial charge in [0.1, 0.15) is 11.6 Å². The number of nitrogens with one attached hydrogen (secondary N) is 1. The summed E-state index contributed by atoms with van der Waals surface area (Å²) < 4.78 is 26.0. The van der Waals surface area contributed by atoms with Gasteiger partial charge in [0.05, 0.1) is 18.8 Å². The second kappa shape index (κ2) is 7.34. The predicted octanol–water partition coefficient (Wildman–Crippen LogP) is 1.48. The Morgan fingerprint density at radius 1 is 1.35 bits per heavy atom. The molecule has 1 amide bonds. The number of benzene rings is 1. The van der Waals surface area contributed by atoms with E-state index in [-0.39, 0.29) is 25.3 Å². The highest BCUT2D eigenvalue weighted by molar-refractivity contribution is 5.92. The lowest BCUT2D eigenvalue weighted by atomic mass is 10.3. The summed E-state index contributed by atoms with van der Waals surface area (Å²) in [7, 11) is 0. The van der Waals surface area contributed by atoms with E-state index >= 15 is 0 Å². The number of halogens is 2. The molecule has 0 heterocycles. The summed E-state index contributed by atoms with van der Waals surface area (Å²) in [5.41, 5.74) is -0.162. The average Bonchev–Trinajstić information content (AvgIpc) is 2.32. The van der Waals surface area contributed by atoms with Crippen LogP contribution < -0.4 is 5.32 Å². The molecule has 20 heavy (non-hydrogen) atoms. The zero-order valence-corrected chi connectivity index (χ0v) is 10.6. The van der Waals surface area contributed by atoms with Crippen LogP contribution in [0, 0.1) is 11.6 Å². The van der Waals surface area contributed by atoms with E-state index in [4.69, 9.17) is 5.11 Å². The SMILES string of the molecule is C=CCN(CC(=O)O)CC(=O)Nc1ccc(F)cc1F. The number of amides is 1. The van der Waals surface area contributed by atoms with Crippen molar-refractivity contribution >= 4 is 17.6 Å². The topological polar surface area (TPSA) is 69.6 Å². The first-order valence-corrected chi connectivity index (χ1v) is 5.72. The minimum atomic E-state index is -1.09. The number of carboxylic acid groups (broad SMARTS) is 1. The van der Waals surface area contributed by atoms with Crippen molar-refractivity contribution in [2.45, 2.75) is 0 Å². The predicted molar refractivity (Wildman–Crippen MR) is 69.3 cm³/mol. The van der Waals surface area contributed by atoms with E-state index in [9.17, 15) is 18.4 Å². The zero-order chi connectivity index (χ0) is 15.1. The summed E-state index contributed by atoms with van der Waals surface area (Å²) >= 11 is 0. The largest absolute Gasteiger partial charge is 0.480 e. The van der Waals surface area contributed by atoms with Gasteiger partial charge in [-0.1, -0.05) is 6.08 Å². The lowest BCUT2D eigenvalue weighted by Crippen LogP contribution is -2.37. The molecule has 5 nitrogen and oxygen atoms in total. The third-order valence-electron chi connectivity index (χ3n) is 2.32. The Balaban J connectivity index is 2.65. The third-order valence-corrected chi connectivity index (χ3v) is 2.32. The minimum absolute atomic E-state index is 0.162. The number of carbonyl (C=O) groups is 2. The van der Waals surface area contributed by atoms with Crippen molar-refractivity contribution in [3.05, 3.63) is 42.5 Å². The van der Waals surface area contributed by atoms with Gasteiger partial charge in [0.25, 0.3) is 0 Å². The molecule has 0 saturated carbocycles. The van der Waals surface area contributed by atoms with Crippen molar-refractivity contribution in [1.29, 1.82) is 0 Å². The van der Waals surface area contributed by atoms with E-state index < -0.39 is 23.5 Å². The molecule has 0 aliphatic heterocycles. The van der Waals surface area contributed by atoms with Gasteiger partial charge in [-0.25, -0.2) is 8.78 Å². The Morgan fingerprint density at radius 3 is 2.60 bits per heavy atom. The molecule has 7 heteroatoms. The van der Waals surface area contributed by atoms with Gasteiger partial charge < -0.3 is 10.4 Å². The summed E-state index contributed by atoms with van der Waals surface area (Å²) in [6.07, 6.45) is 1.45. The van der Waals surface area contributed by atoms with Crippen molar-refractivity contribution in [3.63, 3.8) is 0 Å². The number of nitrogens with zero attached hydrogens (tertiary/aromatic N) is 1. The molecule has 0 aromatic heterocycles. The zero-order valence-electron chi connectivity index (χ0n) is 10.6. The second-order valence-electron chi connectivity index (χ2n) is 4.02. The Hall–Kier alpha value is -2.28. The number of hydrogen-bond acceptors (Lipinski definition) is 3. The van der Waals surface area contributed by atoms with E-state index in [1.54, 1.807) is 0 Å². The van der Waals surface area contributed by atoms with Crippen LogP contribution in [-0.4, -0.2) is 41.5 Å². The Kier molecular flexibility index (Phi) is 5.79. The fourth-order valence-electron chi connectivity index (χ4n) is 1.54. The lowest BCUT2D eigenvalue weighted by molar-refractivity contribution is -0.138. The van der Waals surface area contributed by atoms with Crippen LogP contribution >= 0.6 is 0 Å². The van der Waals surface area contributed by atoms with Crippen LogP contribution in [0.2, 0.25) is 0 Å². The number of carboxylic acids is 1. The molecule has 1 aromatic rings. The number of aliphatic carboxylic acids is 1. The second-order valence-corrected chi connectivity index (χ2v) is 4.02. The van der Waals surface area contributed by atoms with E-state index in [2.05, 4.69) is 11.9 Å². The normalized spacial score (nSPS) is 10.3. The van der Waals surface area contributed by atoms with Crippen molar-refractivity contribution in [2.24, 2.45) is 0 Å². The molecule has 0 unspecified atom stereocenters. The number of anilines is 1. The van der Waals surface area contributed by atoms with Gasteiger partial charge >= 0.3 is 5.97 Å². The maximum Gasteiger partial charge on any atom is 0.317 e. The maximum atomic E-state index is 13.3. The smallest absolute Gasteiger partial charge is 0.317 e. The van der Waals surface area contributed by atoms with Crippen LogP contribution in [0.4, 0.5) is 14.5 Å². The number of carbonyl (C=O) groups excluding carboxylic acids is 1. The van der Waals surface area contributed by atoms with E-state index in [0.29, 0.717) is 6.07 Å². The standard InChI is InChI=1S/C13H14F2N2O3/c1-2-5-17(8-13(19)20)7-12(18)16-11-4-3-9(14)6-10(11)15/h2-4,6H,1,5,7-8H2,(H,16,18)(H,19,20). The lowest BCUT2D eigenvalue weighted by Gasteiger charge is -2.17. The average molecular weight is 284 g/mol. The van der Waals surface area contributed by atoms with Crippen LogP contribution in [-0.2, 0) is 9.59 Å². The fourth-order valence-corrected chi connectivity index (χ4v) is 1.54. The van der Waals surface area contributed by atoms with Crippen molar-refractivity contribution in [2.75, 3.05) is 25.0 Å². The van der Waals surface area contributed by atoms with Crippen LogP contribution in [0.15, 0.2) is 30.9 Å². The first kappa shape index (κ1) is 15.8. The fraction of sp³-hybridized carbons (Fsp3) is 0.231. The molecule has 1 rings (SSSR count).